The Labute approximate surface area is 683 Å². The van der Waals surface area contributed by atoms with Crippen molar-refractivity contribution in [2.75, 3.05) is 32.7 Å². The number of benzene rings is 5. The van der Waals surface area contributed by atoms with E-state index in [2.05, 4.69) is 32.2 Å². The van der Waals surface area contributed by atoms with Gasteiger partial charge in [-0.1, -0.05) is 229 Å². The summed E-state index contributed by atoms with van der Waals surface area (Å²) >= 11 is 0. The second kappa shape index (κ2) is 56.3. The topological polar surface area (TPSA) is 370 Å². The largest absolute Gasteiger partial charge is 0.480 e. The number of rotatable bonds is 31. The molecule has 4 saturated carbocycles. The molecule has 0 spiro atoms. The summed E-state index contributed by atoms with van der Waals surface area (Å²) in [5.41, 5.74) is 7.81. The molecule has 0 heterocycles. The lowest BCUT2D eigenvalue weighted by Crippen LogP contribution is -2.46. The first kappa shape index (κ1) is 98.3. The average Bonchev–Trinajstić information content (AvgIpc) is 0.885. The van der Waals surface area contributed by atoms with Gasteiger partial charge in [0.1, 0.15) is 62.8 Å². The number of aliphatic carboxylic acids is 1. The molecule has 0 aliphatic heterocycles. The number of carbonyl (C=O) groups excluding carboxylic acids is 9. The Balaban J connectivity index is 0.000000296. The first-order chi connectivity index (χ1) is 55.4. The zero-order valence-corrected chi connectivity index (χ0v) is 69.1. The minimum absolute atomic E-state index is 0.0139. The molecule has 0 saturated heterocycles. The summed E-state index contributed by atoms with van der Waals surface area (Å²) in [7, 11) is 0. The highest BCUT2D eigenvalue weighted by Crippen LogP contribution is 2.22. The molecule has 5 aromatic carbocycles. The Morgan fingerprint density at radius 2 is 0.672 bits per heavy atom. The SMILES string of the molecule is CC(C)(C)OC(=O)N(CC(=O)NC1CCCCC1)OCc1ccccc1.CC(C)(C)OC(=O)N(CC(=O)O)OCc1ccccc1.CC(C)(C)OC(=O)NOCc1ccccc1.O=C(CNOCc1ccccc1)NC1CCCCC1.O=CN(CC(=O)NC1CCCCC1)OCc1ccccc1.O=CN(O)CC(=O)NC1CCCCC1. The van der Waals surface area contributed by atoms with Gasteiger partial charge in [-0.3, -0.25) is 63.0 Å². The van der Waals surface area contributed by atoms with Gasteiger partial charge in [0.15, 0.2) is 0 Å². The average molecular weight is 1620 g/mol. The van der Waals surface area contributed by atoms with Gasteiger partial charge in [0.2, 0.25) is 36.4 Å². The Kier molecular flexibility index (Phi) is 47.7. The summed E-state index contributed by atoms with van der Waals surface area (Å²) in [6, 6.07) is 48.6. The molecule has 0 bridgehead atoms. The van der Waals surface area contributed by atoms with Crippen molar-refractivity contribution in [1.29, 1.82) is 0 Å². The summed E-state index contributed by atoms with van der Waals surface area (Å²) in [6.07, 6.45) is 21.2. The van der Waals surface area contributed by atoms with Crippen LogP contribution in [0.4, 0.5) is 14.4 Å². The zero-order chi connectivity index (χ0) is 84.8. The maximum Gasteiger partial charge on any atom is 0.435 e. The summed E-state index contributed by atoms with van der Waals surface area (Å²) in [6.45, 7) is 16.3. The summed E-state index contributed by atoms with van der Waals surface area (Å²) in [5.74, 6) is -1.85. The molecule has 0 radical (unpaired) electrons. The molecule has 4 aliphatic carbocycles. The summed E-state index contributed by atoms with van der Waals surface area (Å²) < 4.78 is 15.4. The number of hydrogen-bond donors (Lipinski definition) is 8. The highest BCUT2D eigenvalue weighted by atomic mass is 16.7. The molecule has 116 heavy (non-hydrogen) atoms. The van der Waals surface area contributed by atoms with Crippen LogP contribution in [-0.4, -0.2) is 165 Å². The van der Waals surface area contributed by atoms with E-state index in [1.165, 1.54) is 38.5 Å². The fraction of sp³-hybridized carbons (Fsp3) is 0.535. The van der Waals surface area contributed by atoms with Crippen LogP contribution in [0.15, 0.2) is 152 Å². The predicted octanol–water partition coefficient (Wildman–Crippen LogP) is 13.4. The second-order valence-corrected chi connectivity index (χ2v) is 31.2. The maximum atomic E-state index is 12.4. The van der Waals surface area contributed by atoms with Crippen molar-refractivity contribution in [2.24, 2.45) is 0 Å². The van der Waals surface area contributed by atoms with E-state index in [0.717, 1.165) is 128 Å². The maximum absolute atomic E-state index is 12.4. The molecular weight excluding hydrogens is 1490 g/mol. The number of hydroxylamine groups is 10. The molecule has 9 amide bonds. The number of ether oxygens (including phenoxy) is 3. The van der Waals surface area contributed by atoms with Crippen LogP contribution in [0.1, 0.15) is 219 Å². The third-order valence-electron chi connectivity index (χ3n) is 17.2. The Bertz CT molecular complexity index is 3570. The lowest BCUT2D eigenvalue weighted by atomic mass is 9.95. The lowest BCUT2D eigenvalue weighted by Gasteiger charge is -2.28. The molecule has 640 valence electrons. The molecule has 0 atom stereocenters. The van der Waals surface area contributed by atoms with Crippen LogP contribution in [0.25, 0.3) is 0 Å². The summed E-state index contributed by atoms with van der Waals surface area (Å²) in [4.78, 5) is 141. The van der Waals surface area contributed by atoms with E-state index in [9.17, 15) is 47.9 Å². The molecule has 9 rings (SSSR count). The van der Waals surface area contributed by atoms with E-state index in [-0.39, 0.29) is 94.2 Å². The van der Waals surface area contributed by atoms with E-state index in [0.29, 0.717) is 35.8 Å². The van der Waals surface area contributed by atoms with Gasteiger partial charge in [-0.2, -0.15) is 21.1 Å². The van der Waals surface area contributed by atoms with Crippen molar-refractivity contribution in [3.8, 4) is 0 Å². The van der Waals surface area contributed by atoms with E-state index in [4.69, 9.17) is 48.7 Å². The smallest absolute Gasteiger partial charge is 0.435 e. The van der Waals surface area contributed by atoms with Gasteiger partial charge in [-0.15, -0.1) is 0 Å². The molecule has 5 aromatic rings. The van der Waals surface area contributed by atoms with Crippen molar-refractivity contribution in [2.45, 2.75) is 265 Å². The van der Waals surface area contributed by atoms with Crippen LogP contribution in [0.3, 0.4) is 0 Å². The molecule has 0 unspecified atom stereocenters. The van der Waals surface area contributed by atoms with Crippen molar-refractivity contribution < 1.29 is 96.7 Å². The van der Waals surface area contributed by atoms with Gasteiger partial charge in [0.25, 0.3) is 0 Å². The summed E-state index contributed by atoms with van der Waals surface area (Å²) in [5, 5.41) is 32.5. The van der Waals surface area contributed by atoms with Crippen LogP contribution in [-0.2, 0) is 105 Å². The molecule has 30 heteroatoms. The van der Waals surface area contributed by atoms with Crippen LogP contribution >= 0.6 is 0 Å². The first-order valence-corrected chi connectivity index (χ1v) is 40.0. The normalized spacial score (nSPS) is 14.4. The number of nitrogens with zero attached hydrogens (tertiary/aromatic N) is 4. The van der Waals surface area contributed by atoms with E-state index in [1.807, 2.05) is 152 Å². The minimum atomic E-state index is -1.18. The highest BCUT2D eigenvalue weighted by molar-refractivity contribution is 5.82. The van der Waals surface area contributed by atoms with Gasteiger partial charge in [0, 0.05) is 24.2 Å². The van der Waals surface area contributed by atoms with Gasteiger partial charge in [-0.05, 0) is 141 Å². The van der Waals surface area contributed by atoms with Gasteiger partial charge >= 0.3 is 24.2 Å². The van der Waals surface area contributed by atoms with Crippen LogP contribution in [0.2, 0.25) is 0 Å². The number of carboxylic acids is 1. The molecule has 8 N–H and O–H groups in total. The van der Waals surface area contributed by atoms with E-state index >= 15 is 0 Å². The van der Waals surface area contributed by atoms with Crippen molar-refractivity contribution >= 4 is 60.7 Å². The monoisotopic (exact) mass is 1620 g/mol. The molecule has 4 aliphatic rings. The standard InChI is InChI=1S/C20H30N2O4.C16H22N2O3.C15H22N2O2.C14H19NO5.C12H17NO3.C9H16N2O3/c1-20(2,3)26-19(24)22(25-15-16-10-6-4-7-11-16)14-18(23)21-17-12-8-5-9-13-17;19-13-18(21-12-14-7-3-1-4-8-14)11-16(20)17-15-9-5-2-6-10-15;18-15(17-14-9-5-2-6-10-14)11-16-19-12-13-7-3-1-4-8-13;1-14(2,3)20-13(18)15(9-12(16)17)19-10-11-7-5-4-6-8-11;1-12(2,3)16-11(14)13-15-9-10-7-5-4-6-8-10;12-7-11(14)6-9(13)10-8-4-2-1-3-5-8/h4,6-7,10-11,17H,5,8-9,12-15H2,1-3H3,(H,21,23);1,3-4,7-8,13,15H,2,5-6,9-12H2,(H,17,20);1,3-4,7-8,14,16H,2,5-6,9-12H2,(H,17,18);4-8H,9-10H2,1-3H3,(H,16,17);4-8H,9H2,1-3H3,(H,13,14);7-8,14H,1-6H2,(H,10,13). The van der Waals surface area contributed by atoms with Crippen LogP contribution < -0.4 is 32.2 Å². The predicted molar refractivity (Wildman–Crippen MR) is 434 cm³/mol. The molecule has 30 nitrogen and oxygen atoms in total. The second-order valence-electron chi connectivity index (χ2n) is 31.2. The van der Waals surface area contributed by atoms with E-state index < -0.39 is 47.6 Å². The van der Waals surface area contributed by atoms with Crippen LogP contribution in [0, 0.1) is 0 Å². The third-order valence-corrected chi connectivity index (χ3v) is 17.2. The fourth-order valence-electron chi connectivity index (χ4n) is 11.8. The van der Waals surface area contributed by atoms with Gasteiger partial charge in [-0.25, -0.2) is 24.5 Å². The fourth-order valence-corrected chi connectivity index (χ4v) is 11.8. The Morgan fingerprint density at radius 1 is 0.371 bits per heavy atom. The van der Waals surface area contributed by atoms with Gasteiger partial charge in [0.05, 0.1) is 19.8 Å². The minimum Gasteiger partial charge on any atom is -0.480 e. The number of hydrogen-bond acceptors (Lipinski definition) is 20. The third kappa shape index (κ3) is 49.6. The molecule has 4 fully saturated rings. The van der Waals surface area contributed by atoms with Crippen LogP contribution in [0.5, 0.6) is 0 Å². The van der Waals surface area contributed by atoms with Gasteiger partial charge < -0.3 is 40.6 Å². The van der Waals surface area contributed by atoms with E-state index in [1.54, 1.807) is 62.3 Å². The zero-order valence-electron chi connectivity index (χ0n) is 69.1. The number of amides is 9. The first-order valence-electron chi connectivity index (χ1n) is 40.0. The quantitative estimate of drug-likeness (QED) is 0.00671. The number of nitrogens with one attached hydrogen (secondary N) is 6. The Hall–Kier alpha value is -10.1. The number of carboxylic acid groups (broad SMARTS) is 1. The molecule has 0 aromatic heterocycles. The highest BCUT2D eigenvalue weighted by Gasteiger charge is 2.29. The lowest BCUT2D eigenvalue weighted by molar-refractivity contribution is -0.180. The van der Waals surface area contributed by atoms with Crippen molar-refractivity contribution in [1.82, 2.24) is 52.5 Å². The van der Waals surface area contributed by atoms with Crippen molar-refractivity contribution in [3.05, 3.63) is 179 Å². The number of carbonyl (C=O) groups is 10. The molecular formula is C86H126N10O20. The Morgan fingerprint density at radius 3 is 1.00 bits per heavy atom. The van der Waals surface area contributed by atoms with Crippen molar-refractivity contribution in [3.63, 3.8) is 0 Å².